The fraction of sp³-hybridized carbons (Fsp3) is 1.00. The van der Waals surface area contributed by atoms with E-state index in [9.17, 15) is 0 Å². The van der Waals surface area contributed by atoms with Crippen molar-refractivity contribution in [1.29, 1.82) is 0 Å². The maximum absolute atomic E-state index is 9.04. The van der Waals surface area contributed by atoms with Crippen LogP contribution in [0.3, 0.4) is 0 Å². The van der Waals surface area contributed by atoms with E-state index in [0.29, 0.717) is 12.5 Å². The van der Waals surface area contributed by atoms with Crippen LogP contribution in [0.4, 0.5) is 0 Å². The molecule has 2 heteroatoms. The Balaban J connectivity index is 1.76. The minimum atomic E-state index is 0.335. The lowest BCUT2D eigenvalue weighted by atomic mass is 9.77. The van der Waals surface area contributed by atoms with Gasteiger partial charge in [0.15, 0.2) is 0 Å². The summed E-state index contributed by atoms with van der Waals surface area (Å²) in [6.07, 6.45) is 8.71. The topological polar surface area (TPSA) is 23.5 Å². The summed E-state index contributed by atoms with van der Waals surface area (Å²) < 4.78 is 0. The van der Waals surface area contributed by atoms with Gasteiger partial charge in [-0.25, -0.2) is 0 Å². The van der Waals surface area contributed by atoms with E-state index in [2.05, 4.69) is 11.8 Å². The molecule has 2 nitrogen and oxygen atoms in total. The van der Waals surface area contributed by atoms with Gasteiger partial charge in [0.1, 0.15) is 0 Å². The van der Waals surface area contributed by atoms with Crippen molar-refractivity contribution >= 4 is 0 Å². The molecule has 1 saturated carbocycles. The molecule has 15 heavy (non-hydrogen) atoms. The second-order valence-corrected chi connectivity index (χ2v) is 5.80. The van der Waals surface area contributed by atoms with Crippen LogP contribution in [0.2, 0.25) is 0 Å². The van der Waals surface area contributed by atoms with Gasteiger partial charge in [-0.15, -0.1) is 0 Å². The Labute approximate surface area is 93.7 Å². The van der Waals surface area contributed by atoms with E-state index in [1.807, 2.05) is 0 Å². The zero-order valence-electron chi connectivity index (χ0n) is 10.0. The number of nitrogens with zero attached hydrogens (tertiary/aromatic N) is 1. The van der Waals surface area contributed by atoms with E-state index in [4.69, 9.17) is 5.11 Å². The van der Waals surface area contributed by atoms with Gasteiger partial charge in [-0.1, -0.05) is 19.8 Å². The largest absolute Gasteiger partial charge is 0.396 e. The smallest absolute Gasteiger partial charge is 0.0468 e. The summed E-state index contributed by atoms with van der Waals surface area (Å²) in [4.78, 5) is 2.55. The third-order valence-corrected chi connectivity index (χ3v) is 4.46. The van der Waals surface area contributed by atoms with Crippen LogP contribution in [-0.2, 0) is 0 Å². The molecule has 0 amide bonds. The van der Waals surface area contributed by atoms with Crippen LogP contribution in [0.5, 0.6) is 0 Å². The molecule has 1 spiro atoms. The predicted octanol–water partition coefficient (Wildman–Crippen LogP) is 2.27. The molecule has 2 aliphatic rings. The van der Waals surface area contributed by atoms with Crippen molar-refractivity contribution in [2.75, 3.05) is 26.2 Å². The Bertz CT molecular complexity index is 189. The van der Waals surface area contributed by atoms with Crippen LogP contribution in [0.15, 0.2) is 0 Å². The first-order valence-corrected chi connectivity index (χ1v) is 6.57. The SMILES string of the molecule is CC(CO)CN1CCC2(CCCC2)CC1. The zero-order valence-corrected chi connectivity index (χ0v) is 10.0. The lowest BCUT2D eigenvalue weighted by Gasteiger charge is -2.40. The standard InChI is InChI=1S/C13H25NO/c1-12(11-15)10-14-8-6-13(7-9-14)4-2-3-5-13/h12,15H,2-11H2,1H3. The van der Waals surface area contributed by atoms with Crippen LogP contribution in [-0.4, -0.2) is 36.2 Å². The average molecular weight is 211 g/mol. The number of aliphatic hydroxyl groups excluding tert-OH is 1. The van der Waals surface area contributed by atoms with Crippen LogP contribution < -0.4 is 0 Å². The van der Waals surface area contributed by atoms with Crippen molar-refractivity contribution in [3.05, 3.63) is 0 Å². The molecule has 1 aliphatic heterocycles. The maximum atomic E-state index is 9.04. The molecule has 1 atom stereocenters. The summed E-state index contributed by atoms with van der Waals surface area (Å²) in [5.74, 6) is 0.447. The molecule has 1 saturated heterocycles. The summed E-state index contributed by atoms with van der Waals surface area (Å²) in [7, 11) is 0. The molecule has 0 bridgehead atoms. The molecule has 0 aromatic heterocycles. The summed E-state index contributed by atoms with van der Waals surface area (Å²) >= 11 is 0. The molecule has 88 valence electrons. The lowest BCUT2D eigenvalue weighted by Crippen LogP contribution is -2.41. The fourth-order valence-corrected chi connectivity index (χ4v) is 3.33. The minimum absolute atomic E-state index is 0.335. The van der Waals surface area contributed by atoms with Crippen LogP contribution in [0.25, 0.3) is 0 Å². The first-order valence-electron chi connectivity index (χ1n) is 6.57. The summed E-state index contributed by atoms with van der Waals surface area (Å²) in [6.45, 7) is 6.10. The van der Waals surface area contributed by atoms with Gasteiger partial charge >= 0.3 is 0 Å². The summed E-state index contributed by atoms with van der Waals surface area (Å²) in [5, 5.41) is 9.04. The van der Waals surface area contributed by atoms with Crippen molar-refractivity contribution in [2.45, 2.75) is 45.4 Å². The van der Waals surface area contributed by atoms with E-state index in [1.54, 1.807) is 0 Å². The Hall–Kier alpha value is -0.0800. The van der Waals surface area contributed by atoms with E-state index < -0.39 is 0 Å². The lowest BCUT2D eigenvalue weighted by molar-refractivity contribution is 0.0867. The predicted molar refractivity (Wildman–Crippen MR) is 62.8 cm³/mol. The number of likely N-dealkylation sites (tertiary alicyclic amines) is 1. The van der Waals surface area contributed by atoms with E-state index in [-0.39, 0.29) is 0 Å². The Morgan fingerprint density at radius 2 is 1.73 bits per heavy atom. The van der Waals surface area contributed by atoms with Crippen molar-refractivity contribution in [1.82, 2.24) is 4.90 Å². The molecule has 1 unspecified atom stereocenters. The molecule has 1 heterocycles. The number of hydrogen-bond donors (Lipinski definition) is 1. The third-order valence-electron chi connectivity index (χ3n) is 4.46. The molecule has 0 aromatic rings. The van der Waals surface area contributed by atoms with Gasteiger partial charge < -0.3 is 10.0 Å². The molecular formula is C13H25NO. The fourth-order valence-electron chi connectivity index (χ4n) is 3.33. The van der Waals surface area contributed by atoms with Gasteiger partial charge in [0, 0.05) is 13.2 Å². The highest BCUT2D eigenvalue weighted by molar-refractivity contribution is 4.89. The van der Waals surface area contributed by atoms with E-state index in [0.717, 1.165) is 12.0 Å². The molecule has 0 aromatic carbocycles. The molecule has 0 radical (unpaired) electrons. The monoisotopic (exact) mass is 211 g/mol. The normalized spacial score (nSPS) is 28.4. The molecule has 1 aliphatic carbocycles. The number of aliphatic hydroxyl groups is 1. The van der Waals surface area contributed by atoms with Gasteiger partial charge in [0.25, 0.3) is 0 Å². The van der Waals surface area contributed by atoms with Gasteiger partial charge in [-0.3, -0.25) is 0 Å². The molecular weight excluding hydrogens is 186 g/mol. The minimum Gasteiger partial charge on any atom is -0.396 e. The van der Waals surface area contributed by atoms with E-state index >= 15 is 0 Å². The Kier molecular flexibility index (Phi) is 3.68. The van der Waals surface area contributed by atoms with Crippen molar-refractivity contribution in [3.63, 3.8) is 0 Å². The van der Waals surface area contributed by atoms with Crippen molar-refractivity contribution in [2.24, 2.45) is 11.3 Å². The summed E-state index contributed by atoms with van der Waals surface area (Å²) in [5.41, 5.74) is 0.735. The van der Waals surface area contributed by atoms with Crippen LogP contribution in [0, 0.1) is 11.3 Å². The molecule has 2 fully saturated rings. The average Bonchev–Trinajstić information content (AvgIpc) is 2.70. The maximum Gasteiger partial charge on any atom is 0.0468 e. The van der Waals surface area contributed by atoms with Crippen LogP contribution >= 0.6 is 0 Å². The van der Waals surface area contributed by atoms with Crippen molar-refractivity contribution < 1.29 is 5.11 Å². The quantitative estimate of drug-likeness (QED) is 0.774. The second-order valence-electron chi connectivity index (χ2n) is 5.80. The first kappa shape index (κ1) is 11.4. The number of hydrogen-bond acceptors (Lipinski definition) is 2. The number of rotatable bonds is 3. The highest BCUT2D eigenvalue weighted by atomic mass is 16.3. The van der Waals surface area contributed by atoms with Gasteiger partial charge in [0.2, 0.25) is 0 Å². The van der Waals surface area contributed by atoms with Gasteiger partial charge in [-0.05, 0) is 50.1 Å². The number of piperidine rings is 1. The molecule has 1 N–H and O–H groups in total. The van der Waals surface area contributed by atoms with Gasteiger partial charge in [0.05, 0.1) is 0 Å². The summed E-state index contributed by atoms with van der Waals surface area (Å²) in [6, 6.07) is 0. The van der Waals surface area contributed by atoms with Crippen LogP contribution in [0.1, 0.15) is 45.4 Å². The highest BCUT2D eigenvalue weighted by Crippen LogP contribution is 2.46. The third kappa shape index (κ3) is 2.73. The first-order chi connectivity index (χ1) is 7.24. The molecule has 2 rings (SSSR count). The highest BCUT2D eigenvalue weighted by Gasteiger charge is 2.36. The Morgan fingerprint density at radius 1 is 1.13 bits per heavy atom. The second kappa shape index (κ2) is 4.84. The van der Waals surface area contributed by atoms with Gasteiger partial charge in [-0.2, -0.15) is 0 Å². The van der Waals surface area contributed by atoms with E-state index in [1.165, 1.54) is 51.6 Å². The zero-order chi connectivity index (χ0) is 10.7. The van der Waals surface area contributed by atoms with Crippen molar-refractivity contribution in [3.8, 4) is 0 Å². The Morgan fingerprint density at radius 3 is 2.27 bits per heavy atom.